The summed E-state index contributed by atoms with van der Waals surface area (Å²) in [4.78, 5) is 29.9. The number of nitrogens with zero attached hydrogens (tertiary/aromatic N) is 2. The number of carbonyl (C=O) groups excluding carboxylic acids is 2. The molecule has 5 nitrogen and oxygen atoms in total. The lowest BCUT2D eigenvalue weighted by Gasteiger charge is -2.16. The molecule has 21 heavy (non-hydrogen) atoms. The molecule has 1 aliphatic rings. The van der Waals surface area contributed by atoms with Crippen LogP contribution in [0.2, 0.25) is 0 Å². The Kier molecular flexibility index (Phi) is 3.39. The van der Waals surface area contributed by atoms with E-state index >= 15 is 0 Å². The lowest BCUT2D eigenvalue weighted by molar-refractivity contribution is -0.134. The number of carbonyl (C=O) groups is 2. The first-order valence-electron chi connectivity index (χ1n) is 6.78. The van der Waals surface area contributed by atoms with E-state index in [1.807, 2.05) is 37.3 Å². The SMILES string of the molecule is Cc1ccc(NC(=O)C(=O)N2CCc3ccccc32)nc1. The van der Waals surface area contributed by atoms with Gasteiger partial charge in [-0.15, -0.1) is 0 Å². The van der Waals surface area contributed by atoms with Crippen LogP contribution >= 0.6 is 0 Å². The number of hydrogen-bond donors (Lipinski definition) is 1. The fourth-order valence-electron chi connectivity index (χ4n) is 2.38. The van der Waals surface area contributed by atoms with E-state index in [4.69, 9.17) is 0 Å². The molecule has 2 heterocycles. The van der Waals surface area contributed by atoms with Crippen LogP contribution in [0.15, 0.2) is 42.6 Å². The van der Waals surface area contributed by atoms with Gasteiger partial charge in [0.15, 0.2) is 0 Å². The predicted molar refractivity (Wildman–Crippen MR) is 80.1 cm³/mol. The molecule has 2 aromatic rings. The van der Waals surface area contributed by atoms with Crippen LogP contribution in [0.1, 0.15) is 11.1 Å². The standard InChI is InChI=1S/C16H15N3O2/c1-11-6-7-14(17-10-11)18-15(20)16(21)19-9-8-12-4-2-3-5-13(12)19/h2-7,10H,8-9H2,1H3,(H,17,18,20). The zero-order valence-corrected chi connectivity index (χ0v) is 11.7. The number of hydrogen-bond acceptors (Lipinski definition) is 3. The van der Waals surface area contributed by atoms with Crippen molar-refractivity contribution in [3.63, 3.8) is 0 Å². The summed E-state index contributed by atoms with van der Waals surface area (Å²) in [7, 11) is 0. The Morgan fingerprint density at radius 2 is 2.00 bits per heavy atom. The van der Waals surface area contributed by atoms with Gasteiger partial charge in [0.05, 0.1) is 0 Å². The van der Waals surface area contributed by atoms with E-state index < -0.39 is 11.8 Å². The van der Waals surface area contributed by atoms with Gasteiger partial charge in [-0.2, -0.15) is 0 Å². The molecule has 3 rings (SSSR count). The minimum atomic E-state index is -0.664. The van der Waals surface area contributed by atoms with Crippen LogP contribution in [0.3, 0.4) is 0 Å². The van der Waals surface area contributed by atoms with Gasteiger partial charge in [0.2, 0.25) is 0 Å². The Labute approximate surface area is 122 Å². The van der Waals surface area contributed by atoms with Crippen molar-refractivity contribution in [2.24, 2.45) is 0 Å². The van der Waals surface area contributed by atoms with Gasteiger partial charge < -0.3 is 10.2 Å². The lowest BCUT2D eigenvalue weighted by atomic mass is 10.2. The van der Waals surface area contributed by atoms with E-state index in [1.165, 1.54) is 4.90 Å². The van der Waals surface area contributed by atoms with Gasteiger partial charge in [-0.25, -0.2) is 4.98 Å². The Morgan fingerprint density at radius 3 is 2.76 bits per heavy atom. The topological polar surface area (TPSA) is 62.3 Å². The van der Waals surface area contributed by atoms with Crippen LogP contribution in [-0.4, -0.2) is 23.3 Å². The second-order valence-corrected chi connectivity index (χ2v) is 5.01. The predicted octanol–water partition coefficient (Wildman–Crippen LogP) is 1.92. The van der Waals surface area contributed by atoms with Crippen LogP contribution < -0.4 is 10.2 Å². The number of nitrogens with one attached hydrogen (secondary N) is 1. The van der Waals surface area contributed by atoms with Crippen molar-refractivity contribution >= 4 is 23.3 Å². The molecule has 0 bridgehead atoms. The molecule has 1 aromatic carbocycles. The molecule has 0 fully saturated rings. The first kappa shape index (κ1) is 13.3. The number of rotatable bonds is 1. The number of benzene rings is 1. The Bertz CT molecular complexity index is 695. The third kappa shape index (κ3) is 2.63. The molecule has 0 spiro atoms. The number of anilines is 2. The molecule has 2 amide bonds. The number of pyridine rings is 1. The molecule has 5 heteroatoms. The first-order chi connectivity index (χ1) is 10.1. The quantitative estimate of drug-likeness (QED) is 0.812. The Hall–Kier alpha value is -2.69. The van der Waals surface area contributed by atoms with Crippen molar-refractivity contribution in [1.29, 1.82) is 0 Å². The Morgan fingerprint density at radius 1 is 1.19 bits per heavy atom. The summed E-state index contributed by atoms with van der Waals surface area (Å²) in [6.45, 7) is 2.44. The highest BCUT2D eigenvalue weighted by Crippen LogP contribution is 2.27. The third-order valence-corrected chi connectivity index (χ3v) is 3.48. The third-order valence-electron chi connectivity index (χ3n) is 3.48. The van der Waals surface area contributed by atoms with E-state index in [2.05, 4.69) is 10.3 Å². The molecule has 0 atom stereocenters. The highest BCUT2D eigenvalue weighted by molar-refractivity contribution is 6.44. The van der Waals surface area contributed by atoms with Crippen molar-refractivity contribution in [3.05, 3.63) is 53.7 Å². The van der Waals surface area contributed by atoms with Crippen LogP contribution in [0.25, 0.3) is 0 Å². The highest BCUT2D eigenvalue weighted by atomic mass is 16.2. The summed E-state index contributed by atoms with van der Waals surface area (Å²) in [6.07, 6.45) is 2.42. The summed E-state index contributed by atoms with van der Waals surface area (Å²) in [5.74, 6) is -0.836. The van der Waals surface area contributed by atoms with Crippen molar-refractivity contribution in [1.82, 2.24) is 4.98 Å². The maximum Gasteiger partial charge on any atom is 0.316 e. The number of amides is 2. The fraction of sp³-hybridized carbons (Fsp3) is 0.188. The van der Waals surface area contributed by atoms with Gasteiger partial charge in [0, 0.05) is 18.4 Å². The largest absolute Gasteiger partial charge is 0.316 e. The maximum absolute atomic E-state index is 12.3. The minimum absolute atomic E-state index is 0.381. The fourth-order valence-corrected chi connectivity index (χ4v) is 2.38. The molecule has 0 radical (unpaired) electrons. The molecular weight excluding hydrogens is 266 g/mol. The number of para-hydroxylation sites is 1. The van der Waals surface area contributed by atoms with Crippen molar-refractivity contribution in [2.75, 3.05) is 16.8 Å². The van der Waals surface area contributed by atoms with E-state index in [-0.39, 0.29) is 0 Å². The van der Waals surface area contributed by atoms with E-state index in [9.17, 15) is 9.59 Å². The van der Waals surface area contributed by atoms with Crippen LogP contribution in [-0.2, 0) is 16.0 Å². The summed E-state index contributed by atoms with van der Waals surface area (Å²) in [6, 6.07) is 11.1. The normalized spacial score (nSPS) is 12.9. The molecule has 0 unspecified atom stereocenters. The molecule has 0 aliphatic carbocycles. The second kappa shape index (κ2) is 5.36. The summed E-state index contributed by atoms with van der Waals surface area (Å²) < 4.78 is 0. The minimum Gasteiger partial charge on any atom is -0.304 e. The van der Waals surface area contributed by atoms with Crippen molar-refractivity contribution in [2.45, 2.75) is 13.3 Å². The smallest absolute Gasteiger partial charge is 0.304 e. The van der Waals surface area contributed by atoms with E-state index in [1.54, 1.807) is 12.3 Å². The van der Waals surface area contributed by atoms with Gasteiger partial charge in [0.1, 0.15) is 5.82 Å². The second-order valence-electron chi connectivity index (χ2n) is 5.01. The van der Waals surface area contributed by atoms with E-state index in [0.29, 0.717) is 12.4 Å². The molecule has 106 valence electrons. The average molecular weight is 281 g/mol. The first-order valence-corrected chi connectivity index (χ1v) is 6.78. The lowest BCUT2D eigenvalue weighted by Crippen LogP contribution is -2.38. The number of aromatic nitrogens is 1. The molecule has 0 saturated heterocycles. The van der Waals surface area contributed by atoms with Gasteiger partial charge in [0.25, 0.3) is 0 Å². The zero-order chi connectivity index (χ0) is 14.8. The highest BCUT2D eigenvalue weighted by Gasteiger charge is 2.28. The molecule has 1 aliphatic heterocycles. The van der Waals surface area contributed by atoms with Gasteiger partial charge in [-0.3, -0.25) is 9.59 Å². The molecule has 1 aromatic heterocycles. The van der Waals surface area contributed by atoms with Gasteiger partial charge in [-0.05, 0) is 36.6 Å². The van der Waals surface area contributed by atoms with Crippen molar-refractivity contribution < 1.29 is 9.59 Å². The Balaban J connectivity index is 1.74. The van der Waals surface area contributed by atoms with E-state index in [0.717, 1.165) is 23.2 Å². The molecule has 1 N–H and O–H groups in total. The van der Waals surface area contributed by atoms with Crippen molar-refractivity contribution in [3.8, 4) is 0 Å². The number of fused-ring (bicyclic) bond motifs is 1. The zero-order valence-electron chi connectivity index (χ0n) is 11.7. The molecular formula is C16H15N3O2. The number of aryl methyl sites for hydroxylation is 1. The summed E-state index contributed by atoms with van der Waals surface area (Å²) in [5.41, 5.74) is 2.90. The van der Waals surface area contributed by atoms with Crippen LogP contribution in [0.4, 0.5) is 11.5 Å². The summed E-state index contributed by atoms with van der Waals surface area (Å²) >= 11 is 0. The van der Waals surface area contributed by atoms with Gasteiger partial charge >= 0.3 is 11.8 Å². The monoisotopic (exact) mass is 281 g/mol. The van der Waals surface area contributed by atoms with Crippen LogP contribution in [0.5, 0.6) is 0 Å². The molecule has 0 saturated carbocycles. The maximum atomic E-state index is 12.3. The van der Waals surface area contributed by atoms with Gasteiger partial charge in [-0.1, -0.05) is 24.3 Å². The summed E-state index contributed by atoms with van der Waals surface area (Å²) in [5, 5.41) is 2.54. The average Bonchev–Trinajstić information content (AvgIpc) is 2.92. The van der Waals surface area contributed by atoms with Crippen LogP contribution in [0, 0.1) is 6.92 Å².